The molecule has 8 heteroatoms. The van der Waals surface area contributed by atoms with E-state index >= 15 is 0 Å². The number of benzene rings is 3. The molecule has 4 rings (SSSR count). The number of para-hydroxylation sites is 1. The molecule has 1 aliphatic rings. The summed E-state index contributed by atoms with van der Waals surface area (Å²) in [7, 11) is 1.29. The van der Waals surface area contributed by atoms with E-state index in [1.165, 1.54) is 16.9 Å². The van der Waals surface area contributed by atoms with Crippen LogP contribution in [-0.2, 0) is 27.4 Å². The summed E-state index contributed by atoms with van der Waals surface area (Å²) < 4.78 is 10.9. The van der Waals surface area contributed by atoms with Gasteiger partial charge in [-0.25, -0.2) is 0 Å². The molecule has 0 atom stereocenters. The average molecular weight is 512 g/mol. The monoisotopic (exact) mass is 511 g/mol. The van der Waals surface area contributed by atoms with Crippen molar-refractivity contribution in [2.24, 2.45) is 0 Å². The van der Waals surface area contributed by atoms with Gasteiger partial charge >= 0.3 is 5.97 Å². The van der Waals surface area contributed by atoms with Gasteiger partial charge in [-0.2, -0.15) is 5.26 Å². The molecule has 0 spiro atoms. The number of carbonyl (C=O) groups is 2. The number of carbonyl (C=O) groups excluding carboxylic acids is 2. The summed E-state index contributed by atoms with van der Waals surface area (Å²) in [5.41, 5.74) is 3.88. The van der Waals surface area contributed by atoms with Crippen LogP contribution < -0.4 is 9.64 Å². The molecule has 3 aromatic rings. The lowest BCUT2D eigenvalue weighted by Gasteiger charge is -2.19. The van der Waals surface area contributed by atoms with E-state index in [4.69, 9.17) is 21.7 Å². The molecule has 37 heavy (non-hydrogen) atoms. The molecule has 0 aliphatic carbocycles. The van der Waals surface area contributed by atoms with Gasteiger partial charge in [0.2, 0.25) is 0 Å². The molecule has 7 nitrogen and oxygen atoms in total. The fourth-order valence-corrected chi connectivity index (χ4v) is 4.28. The highest BCUT2D eigenvalue weighted by Gasteiger charge is 2.40. The van der Waals surface area contributed by atoms with Crippen molar-refractivity contribution in [1.29, 1.82) is 5.26 Å². The minimum atomic E-state index is -0.526. The van der Waals surface area contributed by atoms with Gasteiger partial charge in [0, 0.05) is 11.1 Å². The average Bonchev–Trinajstić information content (AvgIpc) is 3.16. The number of nitriles is 1. The molecule has 0 bridgehead atoms. The number of ether oxygens (including phenoxy) is 2. The number of nitrogens with zero attached hydrogens (tertiary/aromatic N) is 3. The molecule has 1 aliphatic heterocycles. The van der Waals surface area contributed by atoms with Crippen molar-refractivity contribution < 1.29 is 19.1 Å². The first-order valence-electron chi connectivity index (χ1n) is 11.7. The minimum Gasteiger partial charge on any atom is -0.488 e. The van der Waals surface area contributed by atoms with Crippen LogP contribution in [0.25, 0.3) is 6.08 Å². The van der Waals surface area contributed by atoms with E-state index in [2.05, 4.69) is 13.0 Å². The first-order valence-corrected chi connectivity index (χ1v) is 12.1. The molecular formula is C29H25N3O4S. The topological polar surface area (TPSA) is 82.9 Å². The van der Waals surface area contributed by atoms with Gasteiger partial charge in [0.15, 0.2) is 5.11 Å². The predicted octanol–water partition coefficient (Wildman–Crippen LogP) is 4.85. The highest BCUT2D eigenvalue weighted by Crippen LogP contribution is 2.31. The Hall–Kier alpha value is -4.48. The molecule has 0 aromatic heterocycles. The zero-order valence-electron chi connectivity index (χ0n) is 20.5. The third-order valence-electron chi connectivity index (χ3n) is 5.99. The highest BCUT2D eigenvalue weighted by atomic mass is 32.1. The Morgan fingerprint density at radius 2 is 1.76 bits per heavy atom. The van der Waals surface area contributed by atoms with E-state index in [0.717, 1.165) is 17.5 Å². The summed E-state index contributed by atoms with van der Waals surface area (Å²) in [5.74, 6) is -0.366. The van der Waals surface area contributed by atoms with Crippen LogP contribution in [0.15, 0.2) is 78.5 Å². The number of anilines is 1. The highest BCUT2D eigenvalue weighted by molar-refractivity contribution is 7.80. The molecule has 3 aromatic carbocycles. The summed E-state index contributed by atoms with van der Waals surface area (Å²) in [5, 5.41) is 9.56. The molecule has 0 radical (unpaired) electrons. The number of hydrogen-bond donors (Lipinski definition) is 0. The van der Waals surface area contributed by atoms with Crippen LogP contribution in [0.5, 0.6) is 5.75 Å². The van der Waals surface area contributed by atoms with Crippen molar-refractivity contribution in [3.63, 3.8) is 0 Å². The second-order valence-electron chi connectivity index (χ2n) is 8.23. The Balaban J connectivity index is 1.69. The number of amides is 1. The Bertz CT molecular complexity index is 1410. The van der Waals surface area contributed by atoms with Gasteiger partial charge in [-0.3, -0.25) is 14.5 Å². The lowest BCUT2D eigenvalue weighted by atomic mass is 10.1. The van der Waals surface area contributed by atoms with Crippen molar-refractivity contribution in [2.75, 3.05) is 18.6 Å². The first-order chi connectivity index (χ1) is 18.0. The Morgan fingerprint density at radius 3 is 2.46 bits per heavy atom. The normalized spacial score (nSPS) is 14.1. The molecule has 0 unspecified atom stereocenters. The largest absolute Gasteiger partial charge is 0.488 e. The van der Waals surface area contributed by atoms with E-state index < -0.39 is 5.97 Å². The second-order valence-corrected chi connectivity index (χ2v) is 8.60. The van der Waals surface area contributed by atoms with E-state index in [1.54, 1.807) is 24.3 Å². The number of hydrogen-bond acceptors (Lipinski definition) is 6. The van der Waals surface area contributed by atoms with E-state index in [-0.39, 0.29) is 29.9 Å². The van der Waals surface area contributed by atoms with Crippen LogP contribution in [0.3, 0.4) is 0 Å². The zero-order valence-corrected chi connectivity index (χ0v) is 21.3. The zero-order chi connectivity index (χ0) is 26.4. The first kappa shape index (κ1) is 25.6. The van der Waals surface area contributed by atoms with Gasteiger partial charge in [0.1, 0.15) is 24.6 Å². The van der Waals surface area contributed by atoms with Gasteiger partial charge in [-0.15, -0.1) is 0 Å². The van der Waals surface area contributed by atoms with Crippen molar-refractivity contribution in [3.05, 3.63) is 101 Å². The fourth-order valence-electron chi connectivity index (χ4n) is 3.92. The molecule has 0 saturated carbocycles. The molecular weight excluding hydrogens is 486 g/mol. The Labute approximate surface area is 221 Å². The third-order valence-corrected chi connectivity index (χ3v) is 6.39. The van der Waals surface area contributed by atoms with Gasteiger partial charge in [-0.05, 0) is 54.5 Å². The van der Waals surface area contributed by atoms with Crippen LogP contribution in [0, 0.1) is 11.3 Å². The standard InChI is InChI=1S/C29H25N3O4S/c1-3-20-12-14-24(15-13-20)32-28(34)25(31(29(32)37)18-27(33)35-2)16-21-8-6-7-11-26(21)36-19-23-10-5-4-9-22(23)17-30/h4-16H,3,18-19H2,1-2H3/b25-16-. The van der Waals surface area contributed by atoms with Gasteiger partial charge in [0.25, 0.3) is 5.91 Å². The van der Waals surface area contributed by atoms with Crippen molar-refractivity contribution >= 4 is 41.0 Å². The summed E-state index contributed by atoms with van der Waals surface area (Å²) in [6.45, 7) is 2.02. The van der Waals surface area contributed by atoms with Gasteiger partial charge < -0.3 is 14.4 Å². The van der Waals surface area contributed by atoms with E-state index in [9.17, 15) is 14.9 Å². The Kier molecular flexibility index (Phi) is 7.96. The summed E-state index contributed by atoms with van der Waals surface area (Å²) in [4.78, 5) is 28.7. The number of rotatable bonds is 8. The smallest absolute Gasteiger partial charge is 0.325 e. The molecule has 0 N–H and O–H groups in total. The lowest BCUT2D eigenvalue weighted by Crippen LogP contribution is -2.35. The molecule has 1 fully saturated rings. The minimum absolute atomic E-state index is 0.179. The Morgan fingerprint density at radius 1 is 1.05 bits per heavy atom. The summed E-state index contributed by atoms with van der Waals surface area (Å²) in [6, 6.07) is 24.2. The number of thiocarbonyl (C=S) groups is 1. The van der Waals surface area contributed by atoms with Crippen molar-refractivity contribution in [3.8, 4) is 11.8 Å². The lowest BCUT2D eigenvalue weighted by molar-refractivity contribution is -0.140. The fraction of sp³-hybridized carbons (Fsp3) is 0.172. The summed E-state index contributed by atoms with van der Waals surface area (Å²) in [6.07, 6.45) is 2.53. The van der Waals surface area contributed by atoms with E-state index in [0.29, 0.717) is 22.6 Å². The maximum atomic E-state index is 13.6. The number of esters is 1. The quantitative estimate of drug-likeness (QED) is 0.243. The van der Waals surface area contributed by atoms with Crippen molar-refractivity contribution in [2.45, 2.75) is 20.0 Å². The van der Waals surface area contributed by atoms with Crippen LogP contribution in [0.1, 0.15) is 29.2 Å². The van der Waals surface area contributed by atoms with E-state index in [1.807, 2.05) is 54.6 Å². The third kappa shape index (κ3) is 5.52. The number of methoxy groups -OCH3 is 1. The second kappa shape index (κ2) is 11.5. The molecule has 1 saturated heterocycles. The van der Waals surface area contributed by atoms with Crippen LogP contribution in [0.4, 0.5) is 5.69 Å². The SMILES string of the molecule is CCc1ccc(N2C(=O)/C(=C/c3ccccc3OCc3ccccc3C#N)N(CC(=O)OC)C2=S)cc1. The molecule has 1 heterocycles. The maximum Gasteiger partial charge on any atom is 0.325 e. The van der Waals surface area contributed by atoms with Gasteiger partial charge in [-0.1, -0.05) is 55.5 Å². The van der Waals surface area contributed by atoms with Crippen molar-refractivity contribution in [1.82, 2.24) is 4.90 Å². The summed E-state index contributed by atoms with van der Waals surface area (Å²) >= 11 is 5.64. The van der Waals surface area contributed by atoms with Crippen LogP contribution in [-0.4, -0.2) is 35.5 Å². The van der Waals surface area contributed by atoms with Crippen LogP contribution in [0.2, 0.25) is 0 Å². The van der Waals surface area contributed by atoms with Gasteiger partial charge in [0.05, 0.1) is 24.4 Å². The van der Waals surface area contributed by atoms with Crippen LogP contribution >= 0.6 is 12.2 Å². The predicted molar refractivity (Wildman–Crippen MR) is 145 cm³/mol. The maximum absolute atomic E-state index is 13.6. The number of aryl methyl sites for hydroxylation is 1. The molecule has 186 valence electrons. The molecule has 1 amide bonds.